The van der Waals surface area contributed by atoms with Gasteiger partial charge in [0.2, 0.25) is 0 Å². The zero-order chi connectivity index (χ0) is 16.6. The molecule has 0 saturated heterocycles. The molecule has 3 aromatic rings. The Kier molecular flexibility index (Phi) is 3.67. The number of alkyl halides is 3. The molecule has 0 aliphatic rings. The Labute approximate surface area is 130 Å². The summed E-state index contributed by atoms with van der Waals surface area (Å²) in [5, 5.41) is 7.22. The first kappa shape index (κ1) is 15.3. The molecule has 5 nitrogen and oxygen atoms in total. The summed E-state index contributed by atoms with van der Waals surface area (Å²) in [6.45, 7) is 3.60. The van der Waals surface area contributed by atoms with Crippen LogP contribution in [0.3, 0.4) is 0 Å². The molecule has 0 amide bonds. The van der Waals surface area contributed by atoms with Crippen LogP contribution in [0.25, 0.3) is 5.78 Å². The summed E-state index contributed by atoms with van der Waals surface area (Å²) < 4.78 is 40.0. The molecule has 0 fully saturated rings. The minimum atomic E-state index is -4.36. The van der Waals surface area contributed by atoms with Gasteiger partial charge in [-0.1, -0.05) is 12.1 Å². The number of fused-ring (bicyclic) bond motifs is 1. The minimum absolute atomic E-state index is 0.341. The van der Waals surface area contributed by atoms with Crippen LogP contribution >= 0.6 is 0 Å². The van der Waals surface area contributed by atoms with Gasteiger partial charge in [-0.05, 0) is 31.5 Å². The lowest BCUT2D eigenvalue weighted by atomic mass is 10.0. The van der Waals surface area contributed by atoms with Gasteiger partial charge in [0.1, 0.15) is 12.1 Å². The second-order valence-electron chi connectivity index (χ2n) is 5.24. The molecule has 0 saturated carbocycles. The highest BCUT2D eigenvalue weighted by Gasteiger charge is 2.30. The predicted molar refractivity (Wildman–Crippen MR) is 79.0 cm³/mol. The van der Waals surface area contributed by atoms with Crippen molar-refractivity contribution in [1.82, 2.24) is 19.6 Å². The number of nitrogens with one attached hydrogen (secondary N) is 1. The van der Waals surface area contributed by atoms with E-state index in [1.54, 1.807) is 19.1 Å². The molecule has 8 heteroatoms. The Balaban J connectivity index is 1.92. The van der Waals surface area contributed by atoms with Gasteiger partial charge in [0.25, 0.3) is 5.78 Å². The highest BCUT2D eigenvalue weighted by Crippen LogP contribution is 2.31. The van der Waals surface area contributed by atoms with Gasteiger partial charge in [-0.2, -0.15) is 27.8 Å². The first-order valence-electron chi connectivity index (χ1n) is 6.95. The number of hydrogen-bond donors (Lipinski definition) is 1. The maximum Gasteiger partial charge on any atom is 0.416 e. The van der Waals surface area contributed by atoms with Crippen LogP contribution in [0.2, 0.25) is 0 Å². The molecule has 2 aromatic heterocycles. The van der Waals surface area contributed by atoms with Crippen LogP contribution in [-0.2, 0) is 6.18 Å². The molecule has 0 spiro atoms. The smallest absolute Gasteiger partial charge is 0.363 e. The van der Waals surface area contributed by atoms with E-state index in [1.165, 1.54) is 16.9 Å². The van der Waals surface area contributed by atoms with Crippen molar-refractivity contribution in [3.8, 4) is 0 Å². The van der Waals surface area contributed by atoms with Crippen molar-refractivity contribution in [1.29, 1.82) is 0 Å². The first-order valence-corrected chi connectivity index (χ1v) is 6.95. The summed E-state index contributed by atoms with van der Waals surface area (Å²) in [6, 6.07) is 6.68. The standard InChI is InChI=1S/C15H14F3N5/c1-9-6-13(23-14(21-9)19-8-20-23)22-10(2)11-4-3-5-12(7-11)15(16,17)18/h3-8,10,22H,1-2H3. The Morgan fingerprint density at radius 2 is 2.00 bits per heavy atom. The van der Waals surface area contributed by atoms with Crippen LogP contribution in [0.5, 0.6) is 0 Å². The van der Waals surface area contributed by atoms with Gasteiger partial charge < -0.3 is 5.32 Å². The van der Waals surface area contributed by atoms with Crippen molar-refractivity contribution in [3.63, 3.8) is 0 Å². The van der Waals surface area contributed by atoms with E-state index in [4.69, 9.17) is 0 Å². The van der Waals surface area contributed by atoms with E-state index in [-0.39, 0.29) is 6.04 Å². The molecule has 1 N–H and O–H groups in total. The lowest BCUT2D eigenvalue weighted by molar-refractivity contribution is -0.137. The largest absolute Gasteiger partial charge is 0.416 e. The second kappa shape index (κ2) is 5.53. The molecule has 0 aliphatic heterocycles. The summed E-state index contributed by atoms with van der Waals surface area (Å²) in [4.78, 5) is 8.24. The van der Waals surface area contributed by atoms with Crippen LogP contribution in [0.1, 0.15) is 29.8 Å². The zero-order valence-corrected chi connectivity index (χ0v) is 12.5. The molecule has 1 aromatic carbocycles. The Hall–Kier alpha value is -2.64. The molecule has 1 unspecified atom stereocenters. The van der Waals surface area contributed by atoms with Gasteiger partial charge in [-0.15, -0.1) is 0 Å². The van der Waals surface area contributed by atoms with Crippen molar-refractivity contribution in [2.24, 2.45) is 0 Å². The normalized spacial score (nSPS) is 13.3. The van der Waals surface area contributed by atoms with E-state index in [1.807, 2.05) is 6.92 Å². The van der Waals surface area contributed by atoms with E-state index >= 15 is 0 Å². The van der Waals surface area contributed by atoms with Crippen LogP contribution in [0.4, 0.5) is 19.0 Å². The number of aryl methyl sites for hydroxylation is 1. The third kappa shape index (κ3) is 3.10. The van der Waals surface area contributed by atoms with E-state index in [2.05, 4.69) is 20.4 Å². The van der Waals surface area contributed by atoms with Gasteiger partial charge in [0, 0.05) is 17.8 Å². The molecule has 0 bridgehead atoms. The quantitative estimate of drug-likeness (QED) is 0.800. The van der Waals surface area contributed by atoms with Gasteiger partial charge >= 0.3 is 6.18 Å². The number of anilines is 1. The number of halogens is 3. The molecule has 3 rings (SSSR count). The van der Waals surface area contributed by atoms with Crippen molar-refractivity contribution < 1.29 is 13.2 Å². The zero-order valence-electron chi connectivity index (χ0n) is 12.5. The number of rotatable bonds is 3. The third-order valence-electron chi connectivity index (χ3n) is 3.46. The van der Waals surface area contributed by atoms with E-state index in [9.17, 15) is 13.2 Å². The molecular weight excluding hydrogens is 307 g/mol. The van der Waals surface area contributed by atoms with Gasteiger partial charge in [-0.25, -0.2) is 4.98 Å². The van der Waals surface area contributed by atoms with E-state index < -0.39 is 11.7 Å². The van der Waals surface area contributed by atoms with Crippen molar-refractivity contribution in [2.45, 2.75) is 26.1 Å². The number of nitrogens with zero attached hydrogens (tertiary/aromatic N) is 4. The predicted octanol–water partition coefficient (Wildman–Crippen LogP) is 3.62. The molecule has 120 valence electrons. The Bertz CT molecular complexity index is 840. The topological polar surface area (TPSA) is 55.1 Å². The highest BCUT2D eigenvalue weighted by molar-refractivity contribution is 5.46. The maximum absolute atomic E-state index is 12.8. The summed E-state index contributed by atoms with van der Waals surface area (Å²) in [5.41, 5.74) is 0.604. The fourth-order valence-corrected chi connectivity index (χ4v) is 2.32. The molecule has 1 atom stereocenters. The van der Waals surface area contributed by atoms with Crippen molar-refractivity contribution >= 4 is 11.6 Å². The lowest BCUT2D eigenvalue weighted by Crippen LogP contribution is -2.13. The number of aromatic nitrogens is 4. The summed E-state index contributed by atoms with van der Waals surface area (Å²) in [6.07, 6.45) is -2.98. The fraction of sp³-hybridized carbons (Fsp3) is 0.267. The molecule has 2 heterocycles. The Morgan fingerprint density at radius 1 is 1.22 bits per heavy atom. The lowest BCUT2D eigenvalue weighted by Gasteiger charge is -2.18. The summed E-state index contributed by atoms with van der Waals surface area (Å²) in [7, 11) is 0. The summed E-state index contributed by atoms with van der Waals surface area (Å²) in [5.74, 6) is 1.05. The molecule has 23 heavy (non-hydrogen) atoms. The molecule has 0 radical (unpaired) electrons. The van der Waals surface area contributed by atoms with Crippen molar-refractivity contribution in [3.05, 3.63) is 53.5 Å². The minimum Gasteiger partial charge on any atom is -0.363 e. The SMILES string of the molecule is Cc1cc(NC(C)c2cccc(C(F)(F)F)c2)n2ncnc2n1. The second-order valence-corrected chi connectivity index (χ2v) is 5.24. The average molecular weight is 321 g/mol. The highest BCUT2D eigenvalue weighted by atomic mass is 19.4. The van der Waals surface area contributed by atoms with Crippen LogP contribution < -0.4 is 5.32 Å². The number of benzene rings is 1. The van der Waals surface area contributed by atoms with Gasteiger partial charge in [0.15, 0.2) is 0 Å². The summed E-state index contributed by atoms with van der Waals surface area (Å²) >= 11 is 0. The van der Waals surface area contributed by atoms with Crippen LogP contribution in [-0.4, -0.2) is 19.6 Å². The first-order chi connectivity index (χ1) is 10.8. The van der Waals surface area contributed by atoms with Crippen LogP contribution in [0.15, 0.2) is 36.7 Å². The van der Waals surface area contributed by atoms with Crippen molar-refractivity contribution in [2.75, 3.05) is 5.32 Å². The van der Waals surface area contributed by atoms with E-state index in [0.717, 1.165) is 17.8 Å². The number of hydrogen-bond acceptors (Lipinski definition) is 4. The van der Waals surface area contributed by atoms with E-state index in [0.29, 0.717) is 17.2 Å². The fourth-order valence-electron chi connectivity index (χ4n) is 2.32. The van der Waals surface area contributed by atoms with Crippen LogP contribution in [0, 0.1) is 6.92 Å². The monoisotopic (exact) mass is 321 g/mol. The van der Waals surface area contributed by atoms with Gasteiger partial charge in [0.05, 0.1) is 5.56 Å². The third-order valence-corrected chi connectivity index (χ3v) is 3.46. The van der Waals surface area contributed by atoms with Gasteiger partial charge in [-0.3, -0.25) is 0 Å². The molecule has 0 aliphatic carbocycles. The Morgan fingerprint density at radius 3 is 2.74 bits per heavy atom. The maximum atomic E-state index is 12.8. The average Bonchev–Trinajstić information content (AvgIpc) is 2.94. The molecular formula is C15H14F3N5.